The highest BCUT2D eigenvalue weighted by atomic mass is 19.2. The van der Waals surface area contributed by atoms with Crippen LogP contribution < -0.4 is 5.32 Å². The van der Waals surface area contributed by atoms with E-state index in [1.807, 2.05) is 6.07 Å². The monoisotopic (exact) mass is 295 g/mol. The molecule has 22 heavy (non-hydrogen) atoms. The van der Waals surface area contributed by atoms with Crippen molar-refractivity contribution in [1.82, 2.24) is 5.32 Å². The fraction of sp³-hybridized carbons (Fsp3) is 0.263. The molecule has 0 atom stereocenters. The van der Waals surface area contributed by atoms with E-state index >= 15 is 0 Å². The minimum absolute atomic E-state index is 0.0977. The van der Waals surface area contributed by atoms with Crippen LogP contribution >= 0.6 is 0 Å². The van der Waals surface area contributed by atoms with E-state index in [1.165, 1.54) is 36.1 Å². The lowest BCUT2D eigenvalue weighted by Crippen LogP contribution is -2.33. The summed E-state index contributed by atoms with van der Waals surface area (Å²) in [6, 6.07) is 10.2. The molecule has 0 amide bonds. The van der Waals surface area contributed by atoms with Gasteiger partial charge in [0.1, 0.15) is 0 Å². The molecule has 1 N–H and O–H groups in total. The van der Waals surface area contributed by atoms with E-state index < -0.39 is 11.6 Å². The van der Waals surface area contributed by atoms with Gasteiger partial charge in [-0.05, 0) is 48.2 Å². The Bertz CT molecular complexity index is 810. The molecule has 0 saturated heterocycles. The van der Waals surface area contributed by atoms with Crippen LogP contribution in [0.2, 0.25) is 0 Å². The van der Waals surface area contributed by atoms with Crippen molar-refractivity contribution in [2.24, 2.45) is 0 Å². The summed E-state index contributed by atoms with van der Waals surface area (Å²) in [5.74, 6) is 3.97. The average Bonchev–Trinajstić information content (AvgIpc) is 3.30. The predicted octanol–water partition coefficient (Wildman–Crippen LogP) is 3.50. The van der Waals surface area contributed by atoms with Crippen molar-refractivity contribution in [3.63, 3.8) is 0 Å². The molecule has 3 heteroatoms. The van der Waals surface area contributed by atoms with Crippen molar-refractivity contribution < 1.29 is 8.78 Å². The largest absolute Gasteiger partial charge is 0.312 e. The topological polar surface area (TPSA) is 12.0 Å². The Morgan fingerprint density at radius 1 is 1.05 bits per heavy atom. The molecule has 0 aromatic heterocycles. The molecular weight excluding hydrogens is 280 g/mol. The minimum Gasteiger partial charge on any atom is -0.312 e. The first-order chi connectivity index (χ1) is 10.7. The maximum absolute atomic E-state index is 13.6. The zero-order valence-corrected chi connectivity index (χ0v) is 12.0. The lowest BCUT2D eigenvalue weighted by Gasteiger charge is -2.26. The number of fused-ring (bicyclic) bond motifs is 2. The van der Waals surface area contributed by atoms with Gasteiger partial charge in [-0.15, -0.1) is 0 Å². The summed E-state index contributed by atoms with van der Waals surface area (Å²) in [6.07, 6.45) is 2.42. The van der Waals surface area contributed by atoms with E-state index in [-0.39, 0.29) is 11.0 Å². The van der Waals surface area contributed by atoms with Gasteiger partial charge in [0.05, 0.1) is 5.56 Å². The third-order valence-electron chi connectivity index (χ3n) is 4.61. The molecule has 0 unspecified atom stereocenters. The number of nitrogens with one attached hydrogen (secondary N) is 1. The van der Waals surface area contributed by atoms with Gasteiger partial charge in [-0.2, -0.15) is 0 Å². The first kappa shape index (κ1) is 13.5. The van der Waals surface area contributed by atoms with E-state index in [2.05, 4.69) is 29.3 Å². The fourth-order valence-corrected chi connectivity index (χ4v) is 3.17. The van der Waals surface area contributed by atoms with Gasteiger partial charge in [0.2, 0.25) is 0 Å². The number of halogens is 2. The SMILES string of the molecule is Fc1cccc(C#Cc2ccc3c(c2)C2(CC2)CNC3)c1F. The summed E-state index contributed by atoms with van der Waals surface area (Å²) < 4.78 is 26.8. The molecule has 4 rings (SSSR count). The quantitative estimate of drug-likeness (QED) is 0.734. The molecule has 0 radical (unpaired) electrons. The van der Waals surface area contributed by atoms with Gasteiger partial charge < -0.3 is 5.32 Å². The number of rotatable bonds is 0. The summed E-state index contributed by atoms with van der Waals surface area (Å²) in [6.45, 7) is 1.92. The summed E-state index contributed by atoms with van der Waals surface area (Å²) in [4.78, 5) is 0. The molecule has 2 aromatic rings. The highest BCUT2D eigenvalue weighted by Crippen LogP contribution is 2.50. The molecule has 110 valence electrons. The van der Waals surface area contributed by atoms with E-state index in [4.69, 9.17) is 0 Å². The first-order valence-electron chi connectivity index (χ1n) is 7.48. The Morgan fingerprint density at radius 3 is 2.73 bits per heavy atom. The molecule has 1 aliphatic heterocycles. The standard InChI is InChI=1S/C19H15F2N/c20-17-3-1-2-14(18(17)21)6-4-13-5-7-15-11-22-12-19(8-9-19)16(15)10-13/h1-3,5,7,10,22H,8-9,11-12H2. The van der Waals surface area contributed by atoms with E-state index in [0.29, 0.717) is 0 Å². The van der Waals surface area contributed by atoms with Crippen molar-refractivity contribution in [3.8, 4) is 11.8 Å². The Balaban J connectivity index is 1.71. The third-order valence-corrected chi connectivity index (χ3v) is 4.61. The third kappa shape index (κ3) is 2.20. The molecule has 2 aliphatic rings. The molecule has 1 fully saturated rings. The maximum Gasteiger partial charge on any atom is 0.174 e. The fourth-order valence-electron chi connectivity index (χ4n) is 3.17. The first-order valence-corrected chi connectivity index (χ1v) is 7.48. The van der Waals surface area contributed by atoms with Crippen molar-refractivity contribution in [1.29, 1.82) is 0 Å². The molecule has 0 bridgehead atoms. The zero-order chi connectivity index (χ0) is 15.2. The molecule has 1 saturated carbocycles. The van der Waals surface area contributed by atoms with Crippen LogP contribution in [0.25, 0.3) is 0 Å². The van der Waals surface area contributed by atoms with Crippen LogP contribution in [0.5, 0.6) is 0 Å². The van der Waals surface area contributed by atoms with Crippen molar-refractivity contribution in [2.45, 2.75) is 24.8 Å². The number of hydrogen-bond acceptors (Lipinski definition) is 1. The van der Waals surface area contributed by atoms with Crippen LogP contribution in [0.4, 0.5) is 8.78 Å². The molecular formula is C19H15F2N. The minimum atomic E-state index is -0.879. The van der Waals surface area contributed by atoms with E-state index in [1.54, 1.807) is 0 Å². The molecule has 1 nitrogen and oxygen atoms in total. The Kier molecular flexibility index (Phi) is 3.02. The van der Waals surface area contributed by atoms with Gasteiger partial charge in [0.25, 0.3) is 0 Å². The summed E-state index contributed by atoms with van der Waals surface area (Å²) >= 11 is 0. The summed E-state index contributed by atoms with van der Waals surface area (Å²) in [5.41, 5.74) is 3.94. The second kappa shape index (κ2) is 4.93. The van der Waals surface area contributed by atoms with Crippen LogP contribution in [-0.4, -0.2) is 6.54 Å². The lowest BCUT2D eigenvalue weighted by atomic mass is 9.87. The smallest absolute Gasteiger partial charge is 0.174 e. The van der Waals surface area contributed by atoms with Crippen molar-refractivity contribution in [3.05, 3.63) is 70.3 Å². The Hall–Kier alpha value is -2.18. The molecule has 1 spiro atoms. The van der Waals surface area contributed by atoms with Gasteiger partial charge in [0, 0.05) is 24.1 Å². The number of benzene rings is 2. The van der Waals surface area contributed by atoms with Gasteiger partial charge in [-0.3, -0.25) is 0 Å². The van der Waals surface area contributed by atoms with E-state index in [9.17, 15) is 8.78 Å². The normalized spacial score (nSPS) is 17.5. The van der Waals surface area contributed by atoms with Gasteiger partial charge in [-0.1, -0.05) is 24.0 Å². The zero-order valence-electron chi connectivity index (χ0n) is 12.0. The van der Waals surface area contributed by atoms with Crippen LogP contribution in [-0.2, 0) is 12.0 Å². The molecule has 1 heterocycles. The van der Waals surface area contributed by atoms with Crippen LogP contribution in [0, 0.1) is 23.5 Å². The van der Waals surface area contributed by atoms with Crippen LogP contribution in [0.15, 0.2) is 36.4 Å². The average molecular weight is 295 g/mol. The summed E-state index contributed by atoms with van der Waals surface area (Å²) in [5, 5.41) is 3.46. The lowest BCUT2D eigenvalue weighted by molar-refractivity contribution is 0.506. The second-order valence-corrected chi connectivity index (χ2v) is 6.11. The molecule has 2 aromatic carbocycles. The maximum atomic E-state index is 13.6. The molecule has 1 aliphatic carbocycles. The van der Waals surface area contributed by atoms with Gasteiger partial charge in [-0.25, -0.2) is 8.78 Å². The Morgan fingerprint density at radius 2 is 1.91 bits per heavy atom. The highest BCUT2D eigenvalue weighted by molar-refractivity contribution is 5.50. The number of hydrogen-bond donors (Lipinski definition) is 1. The Labute approximate surface area is 128 Å². The highest BCUT2D eigenvalue weighted by Gasteiger charge is 2.46. The summed E-state index contributed by atoms with van der Waals surface area (Å²) in [7, 11) is 0. The van der Waals surface area contributed by atoms with Crippen LogP contribution in [0.3, 0.4) is 0 Å². The van der Waals surface area contributed by atoms with Crippen LogP contribution in [0.1, 0.15) is 35.1 Å². The van der Waals surface area contributed by atoms with E-state index in [0.717, 1.165) is 24.7 Å². The van der Waals surface area contributed by atoms with Crippen molar-refractivity contribution in [2.75, 3.05) is 6.54 Å². The van der Waals surface area contributed by atoms with Crippen molar-refractivity contribution >= 4 is 0 Å². The predicted molar refractivity (Wildman–Crippen MR) is 81.4 cm³/mol. The second-order valence-electron chi connectivity index (χ2n) is 6.11. The van der Waals surface area contributed by atoms with Gasteiger partial charge in [0.15, 0.2) is 11.6 Å². The van der Waals surface area contributed by atoms with Gasteiger partial charge >= 0.3 is 0 Å².